The average molecular weight is 405 g/mol. The van der Waals surface area contributed by atoms with Crippen molar-refractivity contribution < 1.29 is 28.2 Å². The first kappa shape index (κ1) is 22.1. The Balaban J connectivity index is 2.15. The average Bonchev–Trinajstić information content (AvgIpc) is 3.21. The Hall–Kier alpha value is -3.23. The summed E-state index contributed by atoms with van der Waals surface area (Å²) in [6, 6.07) is 4.80. The molecule has 0 unspecified atom stereocenters. The zero-order valence-corrected chi connectivity index (χ0v) is 17.2. The molecule has 1 heterocycles. The summed E-state index contributed by atoms with van der Waals surface area (Å²) < 4.78 is 20.5. The maximum atomic E-state index is 12.9. The summed E-state index contributed by atoms with van der Waals surface area (Å²) in [5.74, 6) is 0.758. The molecule has 29 heavy (non-hydrogen) atoms. The van der Waals surface area contributed by atoms with E-state index in [2.05, 4.69) is 22.0 Å². The molecule has 0 radical (unpaired) electrons. The van der Waals surface area contributed by atoms with E-state index in [4.69, 9.17) is 13.9 Å². The summed E-state index contributed by atoms with van der Waals surface area (Å²) >= 11 is 0. The Morgan fingerprint density at radius 2 is 1.97 bits per heavy atom. The third-order valence-electron chi connectivity index (χ3n) is 4.24. The largest absolute Gasteiger partial charge is 0.497 e. The quantitative estimate of drug-likeness (QED) is 0.475. The van der Waals surface area contributed by atoms with Crippen LogP contribution in [0.4, 0.5) is 10.5 Å². The molecule has 9 heteroatoms. The molecule has 0 saturated carbocycles. The van der Waals surface area contributed by atoms with Gasteiger partial charge in [0.2, 0.25) is 5.89 Å². The maximum absolute atomic E-state index is 12.9. The SMILES string of the molecule is CCCCCN(Cc1nc(C(=O)OC)co1)C(=O)Nc1ccc(OC)cc1OC. The lowest BCUT2D eigenvalue weighted by atomic mass is 10.2. The predicted molar refractivity (Wildman–Crippen MR) is 106 cm³/mol. The molecule has 0 atom stereocenters. The van der Waals surface area contributed by atoms with Crippen LogP contribution in [0.1, 0.15) is 42.6 Å². The van der Waals surface area contributed by atoms with Crippen LogP contribution in [0.2, 0.25) is 0 Å². The van der Waals surface area contributed by atoms with Crippen molar-refractivity contribution in [1.82, 2.24) is 9.88 Å². The van der Waals surface area contributed by atoms with Gasteiger partial charge in [-0.15, -0.1) is 0 Å². The summed E-state index contributed by atoms with van der Waals surface area (Å²) in [5.41, 5.74) is 0.578. The van der Waals surface area contributed by atoms with Gasteiger partial charge in [-0.05, 0) is 18.6 Å². The number of oxazole rings is 1. The Labute approximate surface area is 169 Å². The highest BCUT2D eigenvalue weighted by Crippen LogP contribution is 2.29. The number of nitrogens with one attached hydrogen (secondary N) is 1. The predicted octanol–water partition coefficient (Wildman–Crippen LogP) is 3.70. The number of benzene rings is 1. The second kappa shape index (κ2) is 10.9. The van der Waals surface area contributed by atoms with Crippen LogP contribution >= 0.6 is 0 Å². The number of carbonyl (C=O) groups is 2. The van der Waals surface area contributed by atoms with Crippen molar-refractivity contribution in [2.75, 3.05) is 33.2 Å². The lowest BCUT2D eigenvalue weighted by Crippen LogP contribution is -2.35. The molecule has 0 fully saturated rings. The number of carbonyl (C=O) groups excluding carboxylic acids is 2. The second-order valence-electron chi connectivity index (χ2n) is 6.24. The first-order valence-electron chi connectivity index (χ1n) is 9.33. The fourth-order valence-corrected chi connectivity index (χ4v) is 2.65. The molecule has 0 saturated heterocycles. The van der Waals surface area contributed by atoms with E-state index >= 15 is 0 Å². The van der Waals surface area contributed by atoms with Gasteiger partial charge in [0.25, 0.3) is 0 Å². The molecule has 2 rings (SSSR count). The van der Waals surface area contributed by atoms with Crippen LogP contribution in [-0.2, 0) is 11.3 Å². The monoisotopic (exact) mass is 405 g/mol. The number of hydrogen-bond acceptors (Lipinski definition) is 7. The number of esters is 1. The number of aromatic nitrogens is 1. The molecule has 0 aliphatic carbocycles. The molecule has 1 N–H and O–H groups in total. The highest BCUT2D eigenvalue weighted by Gasteiger charge is 2.20. The Kier molecular flexibility index (Phi) is 8.32. The van der Waals surface area contributed by atoms with Gasteiger partial charge in [0.05, 0.1) is 33.6 Å². The number of methoxy groups -OCH3 is 3. The van der Waals surface area contributed by atoms with Gasteiger partial charge in [-0.2, -0.15) is 0 Å². The number of ether oxygens (including phenoxy) is 3. The summed E-state index contributed by atoms with van der Waals surface area (Å²) in [4.78, 5) is 30.1. The number of amides is 2. The summed E-state index contributed by atoms with van der Waals surface area (Å²) in [6.45, 7) is 2.71. The van der Waals surface area contributed by atoms with Crippen molar-refractivity contribution in [3.8, 4) is 11.5 Å². The topological polar surface area (TPSA) is 103 Å². The zero-order valence-electron chi connectivity index (χ0n) is 17.2. The van der Waals surface area contributed by atoms with Crippen molar-refractivity contribution in [3.63, 3.8) is 0 Å². The minimum Gasteiger partial charge on any atom is -0.497 e. The highest BCUT2D eigenvalue weighted by atomic mass is 16.5. The zero-order chi connectivity index (χ0) is 21.2. The number of urea groups is 1. The van der Waals surface area contributed by atoms with Crippen molar-refractivity contribution in [1.29, 1.82) is 0 Å². The van der Waals surface area contributed by atoms with Crippen molar-refractivity contribution in [2.24, 2.45) is 0 Å². The van der Waals surface area contributed by atoms with Crippen LogP contribution in [0.3, 0.4) is 0 Å². The minimum atomic E-state index is -0.593. The van der Waals surface area contributed by atoms with Gasteiger partial charge < -0.3 is 28.8 Å². The first-order valence-corrected chi connectivity index (χ1v) is 9.33. The summed E-state index contributed by atoms with van der Waals surface area (Å²) in [5, 5.41) is 2.85. The molecule has 0 aliphatic rings. The van der Waals surface area contributed by atoms with Gasteiger partial charge in [-0.1, -0.05) is 19.8 Å². The van der Waals surface area contributed by atoms with E-state index in [0.717, 1.165) is 19.3 Å². The van der Waals surface area contributed by atoms with Gasteiger partial charge in [0.15, 0.2) is 5.69 Å². The molecular formula is C20H27N3O6. The first-order chi connectivity index (χ1) is 14.0. The molecule has 9 nitrogen and oxygen atoms in total. The van der Waals surface area contributed by atoms with Crippen LogP contribution in [-0.4, -0.2) is 49.8 Å². The third kappa shape index (κ3) is 6.13. The molecule has 1 aromatic carbocycles. The maximum Gasteiger partial charge on any atom is 0.360 e. The standard InChI is InChI=1S/C20H27N3O6/c1-5-6-7-10-23(12-18-21-16(13-29-18)19(24)28-4)20(25)22-15-9-8-14(26-2)11-17(15)27-3/h8-9,11,13H,5-7,10,12H2,1-4H3,(H,22,25). The lowest BCUT2D eigenvalue weighted by molar-refractivity contribution is 0.0594. The summed E-state index contributed by atoms with van der Waals surface area (Å²) in [6.07, 6.45) is 4.05. The Morgan fingerprint density at radius 1 is 1.17 bits per heavy atom. The van der Waals surface area contributed by atoms with Gasteiger partial charge in [0.1, 0.15) is 17.8 Å². The number of hydrogen-bond donors (Lipinski definition) is 1. The number of nitrogens with zero attached hydrogens (tertiary/aromatic N) is 2. The molecule has 0 aliphatic heterocycles. The molecule has 0 bridgehead atoms. The van der Waals surface area contributed by atoms with Crippen LogP contribution in [0.15, 0.2) is 28.9 Å². The van der Waals surface area contributed by atoms with Crippen LogP contribution in [0.25, 0.3) is 0 Å². The van der Waals surface area contributed by atoms with Crippen LogP contribution in [0.5, 0.6) is 11.5 Å². The smallest absolute Gasteiger partial charge is 0.360 e. The van der Waals surface area contributed by atoms with E-state index in [9.17, 15) is 9.59 Å². The fourth-order valence-electron chi connectivity index (χ4n) is 2.65. The van der Waals surface area contributed by atoms with Gasteiger partial charge in [-0.3, -0.25) is 0 Å². The van der Waals surface area contributed by atoms with E-state index in [-0.39, 0.29) is 24.2 Å². The van der Waals surface area contributed by atoms with Crippen LogP contribution in [0, 0.1) is 0 Å². The van der Waals surface area contributed by atoms with Gasteiger partial charge >= 0.3 is 12.0 Å². The second-order valence-corrected chi connectivity index (χ2v) is 6.24. The Bertz CT molecular complexity index is 820. The molecule has 158 valence electrons. The molecule has 1 aromatic heterocycles. The van der Waals surface area contributed by atoms with Crippen molar-refractivity contribution in [2.45, 2.75) is 32.7 Å². The van der Waals surface area contributed by atoms with E-state index in [1.807, 2.05) is 0 Å². The van der Waals surface area contributed by atoms with Crippen molar-refractivity contribution >= 4 is 17.7 Å². The highest BCUT2D eigenvalue weighted by molar-refractivity contribution is 5.91. The van der Waals surface area contributed by atoms with E-state index in [1.165, 1.54) is 20.5 Å². The molecular weight excluding hydrogens is 378 g/mol. The minimum absolute atomic E-state index is 0.0632. The third-order valence-corrected chi connectivity index (χ3v) is 4.24. The lowest BCUT2D eigenvalue weighted by Gasteiger charge is -2.22. The molecule has 2 aromatic rings. The van der Waals surface area contributed by atoms with E-state index in [1.54, 1.807) is 30.2 Å². The summed E-state index contributed by atoms with van der Waals surface area (Å²) in [7, 11) is 4.34. The van der Waals surface area contributed by atoms with Crippen LogP contribution < -0.4 is 14.8 Å². The van der Waals surface area contributed by atoms with E-state index in [0.29, 0.717) is 23.7 Å². The normalized spacial score (nSPS) is 10.3. The number of unbranched alkanes of at least 4 members (excludes halogenated alkanes) is 2. The number of anilines is 1. The molecule has 2 amide bonds. The molecule has 0 spiro atoms. The van der Waals surface area contributed by atoms with Gasteiger partial charge in [-0.25, -0.2) is 14.6 Å². The van der Waals surface area contributed by atoms with Crippen molar-refractivity contribution in [3.05, 3.63) is 36.0 Å². The fraction of sp³-hybridized carbons (Fsp3) is 0.450. The number of rotatable bonds is 10. The van der Waals surface area contributed by atoms with Gasteiger partial charge in [0, 0.05) is 12.6 Å². The Morgan fingerprint density at radius 3 is 2.62 bits per heavy atom. The van der Waals surface area contributed by atoms with E-state index < -0.39 is 5.97 Å².